The Kier molecular flexibility index (Phi) is 6.93. The molecule has 29 heavy (non-hydrogen) atoms. The van der Waals surface area contributed by atoms with Crippen LogP contribution in [0.2, 0.25) is 0 Å². The van der Waals surface area contributed by atoms with E-state index in [1.54, 1.807) is 0 Å². The monoisotopic (exact) mass is 431 g/mol. The number of alkyl halides is 2. The minimum atomic E-state index is -3.88. The molecule has 1 amide bonds. The highest BCUT2D eigenvalue weighted by Crippen LogP contribution is 2.31. The fourth-order valence-corrected chi connectivity index (χ4v) is 3.35. The van der Waals surface area contributed by atoms with Crippen LogP contribution in [0.3, 0.4) is 0 Å². The summed E-state index contributed by atoms with van der Waals surface area (Å²) in [4.78, 5) is 16.0. The zero-order valence-corrected chi connectivity index (χ0v) is 17.3. The summed E-state index contributed by atoms with van der Waals surface area (Å²) in [6.07, 6.45) is 1.16. The van der Waals surface area contributed by atoms with Crippen LogP contribution in [0.15, 0.2) is 27.7 Å². The molecule has 0 atom stereocenters. The molecule has 8 nitrogen and oxygen atoms in total. The van der Waals surface area contributed by atoms with Gasteiger partial charge in [0.25, 0.3) is 11.8 Å². The number of carbonyl (C=O) groups excluding carboxylic acids is 1. The van der Waals surface area contributed by atoms with Gasteiger partial charge in [-0.05, 0) is 18.1 Å². The van der Waals surface area contributed by atoms with Crippen LogP contribution in [0.25, 0.3) is 11.5 Å². The number of nitrogens with zero attached hydrogens (tertiary/aromatic N) is 2. The molecular weight excluding hydrogens is 408 g/mol. The standard InChI is InChI=1S/C18H23F2N3O5S/c1-5-29(25,26)16-14(17(24)22-8-11(2)3)23-28-15(16)13-7-6-12(9-21-13)27-10-18(4,19)20/h6-7,9,11H,5,8,10H2,1-4H3,(H,22,24). The first-order valence-corrected chi connectivity index (χ1v) is 10.6. The molecular formula is C18H23F2N3O5S. The van der Waals surface area contributed by atoms with Crippen LogP contribution in [0.5, 0.6) is 5.75 Å². The van der Waals surface area contributed by atoms with Gasteiger partial charge in [-0.15, -0.1) is 0 Å². The first kappa shape index (κ1) is 22.7. The Morgan fingerprint density at radius 3 is 2.55 bits per heavy atom. The molecule has 2 aromatic heterocycles. The van der Waals surface area contributed by atoms with Crippen molar-refractivity contribution >= 4 is 15.7 Å². The minimum absolute atomic E-state index is 0.0723. The number of aromatic nitrogens is 2. The van der Waals surface area contributed by atoms with Crippen molar-refractivity contribution < 1.29 is 31.3 Å². The maximum atomic E-state index is 12.9. The number of ether oxygens (including phenoxy) is 1. The molecule has 0 aliphatic heterocycles. The number of pyridine rings is 1. The zero-order valence-electron chi connectivity index (χ0n) is 16.5. The summed E-state index contributed by atoms with van der Waals surface area (Å²) >= 11 is 0. The Labute approximate surface area is 167 Å². The highest BCUT2D eigenvalue weighted by Gasteiger charge is 2.32. The van der Waals surface area contributed by atoms with Crippen LogP contribution >= 0.6 is 0 Å². The summed E-state index contributed by atoms with van der Waals surface area (Å²) in [5.41, 5.74) is -0.279. The van der Waals surface area contributed by atoms with E-state index in [2.05, 4.69) is 15.5 Å². The first-order valence-electron chi connectivity index (χ1n) is 8.92. The topological polar surface area (TPSA) is 111 Å². The summed E-state index contributed by atoms with van der Waals surface area (Å²) in [5, 5.41) is 6.24. The number of hydrogen-bond acceptors (Lipinski definition) is 7. The summed E-state index contributed by atoms with van der Waals surface area (Å²) < 4.78 is 61.0. The highest BCUT2D eigenvalue weighted by atomic mass is 32.2. The summed E-state index contributed by atoms with van der Waals surface area (Å²) in [7, 11) is -3.88. The fourth-order valence-electron chi connectivity index (χ4n) is 2.21. The quantitative estimate of drug-likeness (QED) is 0.650. The lowest BCUT2D eigenvalue weighted by molar-refractivity contribution is -0.0230. The molecule has 0 saturated carbocycles. The molecule has 2 heterocycles. The van der Waals surface area contributed by atoms with Gasteiger partial charge in [0.05, 0.1) is 11.9 Å². The van der Waals surface area contributed by atoms with E-state index in [1.807, 2.05) is 13.8 Å². The van der Waals surface area contributed by atoms with E-state index in [1.165, 1.54) is 19.1 Å². The van der Waals surface area contributed by atoms with E-state index < -0.39 is 28.3 Å². The number of sulfone groups is 1. The van der Waals surface area contributed by atoms with E-state index in [9.17, 15) is 22.0 Å². The van der Waals surface area contributed by atoms with Gasteiger partial charge < -0.3 is 14.6 Å². The van der Waals surface area contributed by atoms with Crippen molar-refractivity contribution in [1.29, 1.82) is 0 Å². The third kappa shape index (κ3) is 5.96. The molecule has 0 aromatic carbocycles. The van der Waals surface area contributed by atoms with Gasteiger partial charge in [0.2, 0.25) is 5.76 Å². The van der Waals surface area contributed by atoms with Crippen LogP contribution in [0.1, 0.15) is 38.2 Å². The molecule has 0 radical (unpaired) electrons. The van der Waals surface area contributed by atoms with Gasteiger partial charge in [0, 0.05) is 13.5 Å². The third-order valence-electron chi connectivity index (χ3n) is 3.69. The highest BCUT2D eigenvalue weighted by molar-refractivity contribution is 7.91. The summed E-state index contributed by atoms with van der Waals surface area (Å²) in [6, 6.07) is 2.69. The molecule has 0 unspecified atom stereocenters. The molecule has 0 aliphatic carbocycles. The molecule has 0 fully saturated rings. The van der Waals surface area contributed by atoms with Crippen molar-refractivity contribution in [3.05, 3.63) is 24.0 Å². The molecule has 0 spiro atoms. The maximum absolute atomic E-state index is 12.9. The van der Waals surface area contributed by atoms with E-state index >= 15 is 0 Å². The Balaban J connectivity index is 2.39. The average molecular weight is 431 g/mol. The number of rotatable bonds is 9. The number of halogens is 2. The lowest BCUT2D eigenvalue weighted by atomic mass is 10.2. The molecule has 11 heteroatoms. The van der Waals surface area contributed by atoms with E-state index in [-0.39, 0.29) is 39.5 Å². The van der Waals surface area contributed by atoms with E-state index in [4.69, 9.17) is 9.26 Å². The molecule has 2 rings (SSSR count). The minimum Gasteiger partial charge on any atom is -0.486 e. The molecule has 2 aromatic rings. The van der Waals surface area contributed by atoms with Gasteiger partial charge >= 0.3 is 0 Å². The number of nitrogens with one attached hydrogen (secondary N) is 1. The van der Waals surface area contributed by atoms with Crippen LogP contribution in [0, 0.1) is 5.92 Å². The predicted octanol–water partition coefficient (Wildman–Crippen LogP) is 2.95. The van der Waals surface area contributed by atoms with Gasteiger partial charge in [0.15, 0.2) is 22.1 Å². The molecule has 160 valence electrons. The van der Waals surface area contributed by atoms with Crippen LogP contribution in [0.4, 0.5) is 8.78 Å². The van der Waals surface area contributed by atoms with Gasteiger partial charge in [-0.3, -0.25) is 4.79 Å². The number of hydrogen-bond donors (Lipinski definition) is 1. The molecule has 1 N–H and O–H groups in total. The Bertz CT molecular complexity index is 951. The zero-order chi connectivity index (χ0) is 21.8. The van der Waals surface area contributed by atoms with Crippen molar-refractivity contribution in [2.75, 3.05) is 18.9 Å². The lowest BCUT2D eigenvalue weighted by Crippen LogP contribution is -2.29. The molecule has 0 aliphatic rings. The SMILES string of the molecule is CCS(=O)(=O)c1c(C(=O)NCC(C)C)noc1-c1ccc(OCC(C)(F)F)cn1. The molecule has 0 saturated heterocycles. The van der Waals surface area contributed by atoms with E-state index in [0.717, 1.165) is 13.1 Å². The Morgan fingerprint density at radius 2 is 2.03 bits per heavy atom. The van der Waals surface area contributed by atoms with Gasteiger partial charge in [-0.25, -0.2) is 22.2 Å². The van der Waals surface area contributed by atoms with Crippen molar-refractivity contribution in [3.8, 4) is 17.2 Å². The van der Waals surface area contributed by atoms with Crippen LogP contribution in [-0.4, -0.2) is 49.3 Å². The number of amides is 1. The van der Waals surface area contributed by atoms with Gasteiger partial charge in [-0.2, -0.15) is 0 Å². The second kappa shape index (κ2) is 8.85. The van der Waals surface area contributed by atoms with E-state index in [0.29, 0.717) is 6.54 Å². The lowest BCUT2D eigenvalue weighted by Gasteiger charge is -2.11. The predicted molar refractivity (Wildman–Crippen MR) is 101 cm³/mol. The Morgan fingerprint density at radius 1 is 1.34 bits per heavy atom. The summed E-state index contributed by atoms with van der Waals surface area (Å²) in [6.45, 7) is 5.43. The third-order valence-corrected chi connectivity index (χ3v) is 5.45. The summed E-state index contributed by atoms with van der Waals surface area (Å²) in [5.74, 6) is -3.94. The van der Waals surface area contributed by atoms with Crippen LogP contribution < -0.4 is 10.1 Å². The average Bonchev–Trinajstić information content (AvgIpc) is 3.10. The van der Waals surface area contributed by atoms with Crippen molar-refractivity contribution in [3.63, 3.8) is 0 Å². The van der Waals surface area contributed by atoms with Gasteiger partial charge in [0.1, 0.15) is 16.3 Å². The van der Waals surface area contributed by atoms with Crippen molar-refractivity contribution in [2.45, 2.75) is 38.5 Å². The van der Waals surface area contributed by atoms with Gasteiger partial charge in [-0.1, -0.05) is 25.9 Å². The fraction of sp³-hybridized carbons (Fsp3) is 0.500. The van der Waals surface area contributed by atoms with Crippen molar-refractivity contribution in [2.24, 2.45) is 5.92 Å². The van der Waals surface area contributed by atoms with Crippen molar-refractivity contribution in [1.82, 2.24) is 15.5 Å². The largest absolute Gasteiger partial charge is 0.486 e. The second-order valence-electron chi connectivity index (χ2n) is 6.93. The maximum Gasteiger partial charge on any atom is 0.278 e. The van der Waals surface area contributed by atoms with Crippen LogP contribution in [-0.2, 0) is 9.84 Å². The smallest absolute Gasteiger partial charge is 0.278 e. The normalized spacial score (nSPS) is 12.2. The molecule has 0 bridgehead atoms. The second-order valence-corrected chi connectivity index (χ2v) is 9.15. The Hall–Kier alpha value is -2.56. The first-order chi connectivity index (χ1) is 13.4. The number of carbonyl (C=O) groups is 1.